The summed E-state index contributed by atoms with van der Waals surface area (Å²) in [5, 5.41) is 15.4. The molecule has 1 N–H and O–H groups in total. The normalized spacial score (nSPS) is 10.8. The van der Waals surface area contributed by atoms with E-state index in [-0.39, 0.29) is 5.91 Å². The predicted octanol–water partition coefficient (Wildman–Crippen LogP) is 3.82. The molecule has 0 fully saturated rings. The van der Waals surface area contributed by atoms with Gasteiger partial charge < -0.3 is 14.8 Å². The quantitative estimate of drug-likeness (QED) is 0.389. The molecule has 2 heterocycles. The molecular formula is C26H22N6O3. The molecule has 3 aromatic carbocycles. The largest absolute Gasteiger partial charge is 0.497 e. The Morgan fingerprint density at radius 3 is 2.51 bits per heavy atom. The Bertz CT molecular complexity index is 1470. The number of hydrogen-bond donors (Lipinski definition) is 1. The number of nitrogens with zero attached hydrogens (tertiary/aromatic N) is 5. The van der Waals surface area contributed by atoms with Crippen molar-refractivity contribution in [2.24, 2.45) is 0 Å². The van der Waals surface area contributed by atoms with Gasteiger partial charge in [0.2, 0.25) is 0 Å². The SMILES string of the molecule is COc1cc(CNC(=O)c2cc(-c3cccc4cccnc34)cc(-n3cnnn3)c2)cc(OC)c1. The standard InChI is InChI=1S/C26H22N6O3/c1-34-22-9-17(10-23(14-22)35-2)15-28-26(33)20-11-19(12-21(13-20)32-16-29-30-31-32)24-7-3-5-18-6-4-8-27-25(18)24/h3-14,16H,15H2,1-2H3,(H,28,33). The van der Waals surface area contributed by atoms with Crippen LogP contribution >= 0.6 is 0 Å². The fourth-order valence-electron chi connectivity index (χ4n) is 3.90. The van der Waals surface area contributed by atoms with Crippen molar-refractivity contribution in [3.63, 3.8) is 0 Å². The summed E-state index contributed by atoms with van der Waals surface area (Å²) in [6, 6.07) is 20.9. The van der Waals surface area contributed by atoms with E-state index in [4.69, 9.17) is 9.47 Å². The van der Waals surface area contributed by atoms with Crippen LogP contribution in [0.4, 0.5) is 0 Å². The zero-order valence-corrected chi connectivity index (χ0v) is 19.2. The number of carbonyl (C=O) groups excluding carboxylic acids is 1. The van der Waals surface area contributed by atoms with Gasteiger partial charge in [0.05, 0.1) is 25.4 Å². The molecule has 0 aliphatic rings. The first-order valence-electron chi connectivity index (χ1n) is 10.9. The molecule has 0 saturated carbocycles. The highest BCUT2D eigenvalue weighted by molar-refractivity contribution is 5.99. The number of para-hydroxylation sites is 1. The second-order valence-corrected chi connectivity index (χ2v) is 7.81. The molecule has 5 aromatic rings. The number of fused-ring (bicyclic) bond motifs is 1. The second-order valence-electron chi connectivity index (χ2n) is 7.81. The number of benzene rings is 3. The number of rotatable bonds is 7. The molecule has 0 aliphatic heterocycles. The number of pyridine rings is 1. The monoisotopic (exact) mass is 466 g/mol. The van der Waals surface area contributed by atoms with Crippen molar-refractivity contribution in [3.05, 3.63) is 90.4 Å². The van der Waals surface area contributed by atoms with E-state index in [9.17, 15) is 4.79 Å². The van der Waals surface area contributed by atoms with Crippen molar-refractivity contribution in [1.82, 2.24) is 30.5 Å². The van der Waals surface area contributed by atoms with Gasteiger partial charge in [-0.15, -0.1) is 5.10 Å². The van der Waals surface area contributed by atoms with Crippen LogP contribution in [0.5, 0.6) is 11.5 Å². The van der Waals surface area contributed by atoms with E-state index >= 15 is 0 Å². The molecule has 0 radical (unpaired) electrons. The molecule has 0 unspecified atom stereocenters. The average Bonchev–Trinajstić information content (AvgIpc) is 3.46. The molecule has 5 rings (SSSR count). The van der Waals surface area contributed by atoms with E-state index in [1.165, 1.54) is 11.0 Å². The third-order valence-corrected chi connectivity index (χ3v) is 5.60. The van der Waals surface area contributed by atoms with Crippen molar-refractivity contribution < 1.29 is 14.3 Å². The maximum absolute atomic E-state index is 13.2. The van der Waals surface area contributed by atoms with E-state index in [1.54, 1.807) is 32.5 Å². The fraction of sp³-hybridized carbons (Fsp3) is 0.115. The Kier molecular flexibility index (Phi) is 6.04. The van der Waals surface area contributed by atoms with Crippen molar-refractivity contribution in [1.29, 1.82) is 0 Å². The van der Waals surface area contributed by atoms with Gasteiger partial charge in [-0.25, -0.2) is 4.68 Å². The first-order chi connectivity index (χ1) is 17.1. The van der Waals surface area contributed by atoms with Gasteiger partial charge in [0, 0.05) is 35.3 Å². The van der Waals surface area contributed by atoms with Crippen LogP contribution in [0.25, 0.3) is 27.7 Å². The molecule has 35 heavy (non-hydrogen) atoms. The van der Waals surface area contributed by atoms with Crippen LogP contribution in [-0.2, 0) is 6.54 Å². The van der Waals surface area contributed by atoms with Crippen LogP contribution in [0.3, 0.4) is 0 Å². The van der Waals surface area contributed by atoms with E-state index in [0.29, 0.717) is 29.3 Å². The number of methoxy groups -OCH3 is 2. The van der Waals surface area contributed by atoms with E-state index in [2.05, 4.69) is 25.8 Å². The summed E-state index contributed by atoms with van der Waals surface area (Å²) in [6.07, 6.45) is 3.25. The number of nitrogens with one attached hydrogen (secondary N) is 1. The Hall–Kier alpha value is -4.79. The van der Waals surface area contributed by atoms with Gasteiger partial charge in [-0.3, -0.25) is 9.78 Å². The molecule has 0 bridgehead atoms. The van der Waals surface area contributed by atoms with Gasteiger partial charge in [0.1, 0.15) is 17.8 Å². The van der Waals surface area contributed by atoms with Gasteiger partial charge in [-0.05, 0) is 58.0 Å². The highest BCUT2D eigenvalue weighted by atomic mass is 16.5. The van der Waals surface area contributed by atoms with E-state index in [1.807, 2.05) is 54.6 Å². The minimum atomic E-state index is -0.240. The van der Waals surface area contributed by atoms with Gasteiger partial charge in [0.25, 0.3) is 5.91 Å². The molecular weight excluding hydrogens is 444 g/mol. The summed E-state index contributed by atoms with van der Waals surface area (Å²) >= 11 is 0. The summed E-state index contributed by atoms with van der Waals surface area (Å²) in [7, 11) is 3.18. The van der Waals surface area contributed by atoms with Crippen LogP contribution in [0, 0.1) is 0 Å². The zero-order valence-electron chi connectivity index (χ0n) is 19.2. The number of amides is 1. The summed E-state index contributed by atoms with van der Waals surface area (Å²) in [4.78, 5) is 17.8. The summed E-state index contributed by atoms with van der Waals surface area (Å²) in [6.45, 7) is 0.298. The van der Waals surface area contributed by atoms with Crippen LogP contribution in [0.2, 0.25) is 0 Å². The number of ether oxygens (including phenoxy) is 2. The summed E-state index contributed by atoms with van der Waals surface area (Å²) < 4.78 is 12.2. The van der Waals surface area contributed by atoms with Crippen LogP contribution in [0.1, 0.15) is 15.9 Å². The fourth-order valence-corrected chi connectivity index (χ4v) is 3.90. The third-order valence-electron chi connectivity index (χ3n) is 5.60. The number of tetrazole rings is 1. The maximum Gasteiger partial charge on any atom is 0.251 e. The smallest absolute Gasteiger partial charge is 0.251 e. The first-order valence-corrected chi connectivity index (χ1v) is 10.9. The van der Waals surface area contributed by atoms with Gasteiger partial charge in [-0.2, -0.15) is 0 Å². The van der Waals surface area contributed by atoms with E-state index < -0.39 is 0 Å². The Labute approximate surface area is 201 Å². The molecule has 0 spiro atoms. The average molecular weight is 467 g/mol. The van der Waals surface area contributed by atoms with Crippen molar-refractivity contribution >= 4 is 16.8 Å². The van der Waals surface area contributed by atoms with Crippen LogP contribution < -0.4 is 14.8 Å². The Morgan fingerprint density at radius 2 is 1.77 bits per heavy atom. The molecule has 0 aliphatic carbocycles. The molecule has 0 atom stereocenters. The van der Waals surface area contributed by atoms with Crippen LogP contribution in [-0.4, -0.2) is 45.3 Å². The highest BCUT2D eigenvalue weighted by Gasteiger charge is 2.14. The summed E-state index contributed by atoms with van der Waals surface area (Å²) in [5.41, 5.74) is 4.56. The number of hydrogen-bond acceptors (Lipinski definition) is 7. The number of aromatic nitrogens is 5. The molecule has 174 valence electrons. The first kappa shape index (κ1) is 22.0. The van der Waals surface area contributed by atoms with Crippen LogP contribution in [0.15, 0.2) is 79.3 Å². The minimum absolute atomic E-state index is 0.240. The lowest BCUT2D eigenvalue weighted by molar-refractivity contribution is 0.0951. The van der Waals surface area contributed by atoms with Crippen molar-refractivity contribution in [2.75, 3.05) is 14.2 Å². The third kappa shape index (κ3) is 4.65. The molecule has 9 heteroatoms. The topological polar surface area (TPSA) is 104 Å². The molecule has 9 nitrogen and oxygen atoms in total. The maximum atomic E-state index is 13.2. The minimum Gasteiger partial charge on any atom is -0.497 e. The Morgan fingerprint density at radius 1 is 0.971 bits per heavy atom. The highest BCUT2D eigenvalue weighted by Crippen LogP contribution is 2.30. The van der Waals surface area contributed by atoms with Gasteiger partial charge in [-0.1, -0.05) is 24.3 Å². The van der Waals surface area contributed by atoms with Crippen molar-refractivity contribution in [2.45, 2.75) is 6.54 Å². The predicted molar refractivity (Wildman–Crippen MR) is 131 cm³/mol. The molecule has 2 aromatic heterocycles. The molecule has 0 saturated heterocycles. The second kappa shape index (κ2) is 9.60. The Balaban J connectivity index is 1.51. The lowest BCUT2D eigenvalue weighted by Gasteiger charge is -2.13. The lowest BCUT2D eigenvalue weighted by atomic mass is 9.99. The molecule has 1 amide bonds. The zero-order chi connectivity index (χ0) is 24.2. The van der Waals surface area contributed by atoms with Gasteiger partial charge >= 0.3 is 0 Å². The van der Waals surface area contributed by atoms with Crippen molar-refractivity contribution in [3.8, 4) is 28.3 Å². The number of carbonyl (C=O) groups is 1. The lowest BCUT2D eigenvalue weighted by Crippen LogP contribution is -2.23. The summed E-state index contributed by atoms with van der Waals surface area (Å²) in [5.74, 6) is 1.07. The van der Waals surface area contributed by atoms with Gasteiger partial charge in [0.15, 0.2) is 0 Å². The van der Waals surface area contributed by atoms with E-state index in [0.717, 1.165) is 27.6 Å².